The molecule has 0 aromatic heterocycles. The van der Waals surface area contributed by atoms with E-state index in [0.717, 1.165) is 0 Å². The van der Waals surface area contributed by atoms with Gasteiger partial charge in [0.05, 0.1) is 21.2 Å². The number of hydrogen-bond acceptors (Lipinski definition) is 13. The van der Waals surface area contributed by atoms with E-state index in [9.17, 15) is 5.53 Å². The van der Waals surface area contributed by atoms with E-state index in [4.69, 9.17) is 36.2 Å². The van der Waals surface area contributed by atoms with Crippen molar-refractivity contribution in [1.82, 2.24) is 0 Å². The fraction of sp³-hybridized carbons (Fsp3) is 0.294. The third-order valence-corrected chi connectivity index (χ3v) is 24.7. The second-order valence-electron chi connectivity index (χ2n) is 23.1. The molecule has 6 atom stereocenters. The lowest BCUT2D eigenvalue weighted by Crippen LogP contribution is -2.25. The van der Waals surface area contributed by atoms with Crippen molar-refractivity contribution < 1.29 is 54.5 Å². The monoisotopic (exact) mass is 1240 g/mol. The summed E-state index contributed by atoms with van der Waals surface area (Å²) in [6.45, 7) is 14.2. The van der Waals surface area contributed by atoms with Gasteiger partial charge in [-0.15, -0.1) is 0 Å². The van der Waals surface area contributed by atoms with Gasteiger partial charge in [-0.3, -0.25) is 0 Å². The fourth-order valence-electron chi connectivity index (χ4n) is 13.5. The molecule has 0 amide bonds. The van der Waals surface area contributed by atoms with Crippen LogP contribution in [0.3, 0.4) is 0 Å². The van der Waals surface area contributed by atoms with Gasteiger partial charge in [-0.25, -0.2) is 18.3 Å². The van der Waals surface area contributed by atoms with E-state index < -0.39 is 54.1 Å². The molecular formula is C68H67N3O12P4. The molecule has 0 saturated carbocycles. The van der Waals surface area contributed by atoms with Crippen LogP contribution >= 0.6 is 30.4 Å². The van der Waals surface area contributed by atoms with Gasteiger partial charge in [0.25, 0.3) is 0 Å². The summed E-state index contributed by atoms with van der Waals surface area (Å²) < 4.78 is 120. The third kappa shape index (κ3) is 9.86. The van der Waals surface area contributed by atoms with Gasteiger partial charge in [0.1, 0.15) is 46.0 Å². The lowest BCUT2D eigenvalue weighted by Gasteiger charge is -2.39. The molecule has 6 unspecified atom stereocenters. The number of fused-ring (bicyclic) bond motifs is 24. The first-order valence-electron chi connectivity index (χ1n) is 30.0. The average molecular weight is 1240 g/mol. The summed E-state index contributed by atoms with van der Waals surface area (Å²) in [5.74, 6) is 0.544. The van der Waals surface area contributed by atoms with Crippen LogP contribution in [0.2, 0.25) is 0 Å². The topological polar surface area (TPSA) is 191 Å². The smallest absolute Gasteiger partial charge is 0.412 e. The molecule has 5 aliphatic rings. The maximum absolute atomic E-state index is 16.0. The Bertz CT molecular complexity index is 4050. The van der Waals surface area contributed by atoms with Crippen molar-refractivity contribution >= 4 is 51.6 Å². The first-order chi connectivity index (χ1) is 42.1. The molecule has 4 aliphatic heterocycles. The molecule has 0 fully saturated rings. The highest BCUT2D eigenvalue weighted by Gasteiger charge is 2.49. The first-order valence-corrected chi connectivity index (χ1v) is 36.1. The van der Waals surface area contributed by atoms with Crippen LogP contribution in [-0.4, -0.2) is 6.54 Å². The normalized spacial score (nSPS) is 24.2. The van der Waals surface area contributed by atoms with Crippen molar-refractivity contribution in [3.8, 4) is 46.0 Å². The Morgan fingerprint density at radius 3 is 0.759 bits per heavy atom. The maximum Gasteiger partial charge on any atom is 0.462 e. The van der Waals surface area contributed by atoms with Crippen molar-refractivity contribution in [3.63, 3.8) is 0 Å². The van der Waals surface area contributed by atoms with Crippen LogP contribution in [0.15, 0.2) is 151 Å². The number of nitrogens with zero attached hydrogens (tertiary/aromatic N) is 3. The van der Waals surface area contributed by atoms with E-state index in [1.807, 2.05) is 76.2 Å². The zero-order valence-corrected chi connectivity index (χ0v) is 53.1. The number of benzene rings is 8. The van der Waals surface area contributed by atoms with Gasteiger partial charge >= 0.3 is 30.4 Å². The van der Waals surface area contributed by atoms with E-state index in [0.29, 0.717) is 185 Å². The number of azide groups is 1. The minimum absolute atomic E-state index is 0.137. The van der Waals surface area contributed by atoms with Crippen LogP contribution in [0.1, 0.15) is 163 Å². The molecule has 16 bridgehead atoms. The van der Waals surface area contributed by atoms with Gasteiger partial charge in [0.15, 0.2) is 0 Å². The summed E-state index contributed by atoms with van der Waals surface area (Å²) in [7, 11) is -16.9. The van der Waals surface area contributed by atoms with E-state index in [1.54, 1.807) is 72.8 Å². The molecule has 8 aromatic rings. The van der Waals surface area contributed by atoms with Gasteiger partial charge in [-0.2, -0.15) is 0 Å². The Labute approximate surface area is 507 Å². The summed E-state index contributed by atoms with van der Waals surface area (Å²) in [6.07, 6.45) is 4.21. The molecule has 8 aromatic carbocycles. The number of rotatable bonds is 14. The standard InChI is InChI=1S/C68H67N3O12P4/c1-8-24-49-53-37-55(63-41(4)61(53)76-84(72,78-63)45-27-15-11-16-28-45)50(25-9-2)57-39-59(67-43(6)65(57)80-86(74,82-67)47-31-19-13-20-32-47)52(35-23-36-70-71-69)60-40-58(66-44(7)68(60)83-87(75,81-66)48-33-21-14-22-34-48)51(26-10-3)56-38-54(49)62-42(5)64(56)79-85(73,77-62)46-29-17-12-18-30-46/h11-22,27-34,37-40,49-52H,8-10,23-26,35-36H2,1-7H3. The van der Waals surface area contributed by atoms with E-state index >= 15 is 18.3 Å². The molecule has 0 radical (unpaired) electrons. The van der Waals surface area contributed by atoms with Gasteiger partial charge in [0, 0.05) is 102 Å². The summed E-state index contributed by atoms with van der Waals surface area (Å²) in [4.78, 5) is 3.15. The lowest BCUT2D eigenvalue weighted by molar-refractivity contribution is 0.366. The third-order valence-electron chi connectivity index (χ3n) is 17.6. The molecule has 1 aliphatic carbocycles. The van der Waals surface area contributed by atoms with Gasteiger partial charge < -0.3 is 36.2 Å². The largest absolute Gasteiger partial charge is 0.462 e. The minimum atomic E-state index is -4.26. The highest BCUT2D eigenvalue weighted by Crippen LogP contribution is 2.68. The first kappa shape index (κ1) is 58.4. The minimum Gasteiger partial charge on any atom is -0.412 e. The number of hydrogen-bond donors (Lipinski definition) is 0. The SMILES string of the molecule is CCCC1c2cc(c3c(C)c2OP(=O)(c2ccccc2)O3)C(CCC)c2cc(c3c(C)c2OP(=O)(c2ccccc2)O3)C(CCCN=[N+]=[N-])c2cc(c3c(C)c2OP(=O)(c2ccccc2)O3)C(CCC)c2cc1c1c(C)c2OP(=O)(c2ccccc2)O1. The average Bonchev–Trinajstić information content (AvgIpc) is 0.780. The Balaban J connectivity index is 1.20. The molecule has 4 heterocycles. The summed E-state index contributed by atoms with van der Waals surface area (Å²) in [5, 5.41) is 5.46. The Morgan fingerprint density at radius 1 is 0.356 bits per heavy atom. The zero-order chi connectivity index (χ0) is 60.6. The maximum atomic E-state index is 16.0. The summed E-state index contributed by atoms with van der Waals surface area (Å²) >= 11 is 0. The molecule has 15 nitrogen and oxygen atoms in total. The van der Waals surface area contributed by atoms with Crippen molar-refractivity contribution in [2.24, 2.45) is 5.11 Å². The second-order valence-corrected chi connectivity index (χ2v) is 30.6. The predicted molar refractivity (Wildman–Crippen MR) is 340 cm³/mol. The highest BCUT2D eigenvalue weighted by molar-refractivity contribution is 7.64. The van der Waals surface area contributed by atoms with Crippen LogP contribution in [0.5, 0.6) is 46.0 Å². The fourth-order valence-corrected chi connectivity index (χ4v) is 20.5. The van der Waals surface area contributed by atoms with Crippen LogP contribution in [0, 0.1) is 27.7 Å². The molecule has 0 spiro atoms. The van der Waals surface area contributed by atoms with Crippen LogP contribution in [0.25, 0.3) is 10.4 Å². The Kier molecular flexibility index (Phi) is 15.3. The van der Waals surface area contributed by atoms with Gasteiger partial charge in [-0.1, -0.05) is 118 Å². The van der Waals surface area contributed by atoms with Gasteiger partial charge in [-0.05, 0) is 138 Å². The molecule has 13 rings (SSSR count). The van der Waals surface area contributed by atoms with E-state index in [1.165, 1.54) is 0 Å². The summed E-state index contributed by atoms with van der Waals surface area (Å²) in [5.41, 5.74) is 17.6. The van der Waals surface area contributed by atoms with Crippen LogP contribution < -0.4 is 57.4 Å². The molecule has 0 saturated heterocycles. The van der Waals surface area contributed by atoms with Crippen molar-refractivity contribution in [2.45, 2.75) is 124 Å². The van der Waals surface area contributed by atoms with Crippen molar-refractivity contribution in [2.75, 3.05) is 6.54 Å². The van der Waals surface area contributed by atoms with Crippen molar-refractivity contribution in [1.29, 1.82) is 0 Å². The molecule has 87 heavy (non-hydrogen) atoms. The highest BCUT2D eigenvalue weighted by atomic mass is 31.2. The Morgan fingerprint density at radius 2 is 0.563 bits per heavy atom. The van der Waals surface area contributed by atoms with E-state index in [-0.39, 0.29) is 6.54 Å². The quantitative estimate of drug-likeness (QED) is 0.0330. The van der Waals surface area contributed by atoms with Crippen LogP contribution in [-0.2, 0) is 18.3 Å². The molecule has 446 valence electrons. The summed E-state index contributed by atoms with van der Waals surface area (Å²) in [6, 6.07) is 44.2. The predicted octanol–water partition coefficient (Wildman–Crippen LogP) is 18.4. The molecular weight excluding hydrogens is 1170 g/mol. The molecule has 19 heteroatoms. The lowest BCUT2D eigenvalue weighted by atomic mass is 9.75. The van der Waals surface area contributed by atoms with Gasteiger partial charge in [0.2, 0.25) is 0 Å². The molecule has 0 N–H and O–H groups in total. The van der Waals surface area contributed by atoms with Crippen LogP contribution in [0.4, 0.5) is 0 Å². The van der Waals surface area contributed by atoms with E-state index in [2.05, 4.69) is 55.1 Å². The zero-order valence-electron chi connectivity index (χ0n) is 49.6. The Hall–Kier alpha value is -7.61. The second kappa shape index (κ2) is 22.8. The van der Waals surface area contributed by atoms with Crippen molar-refractivity contribution in [3.05, 3.63) is 223 Å².